The molecule has 4 nitrogen and oxygen atoms in total. The molecule has 1 aliphatic rings. The molecule has 1 aliphatic heterocycles. The zero-order chi connectivity index (χ0) is 13.3. The van der Waals surface area contributed by atoms with E-state index in [1.165, 1.54) is 0 Å². The van der Waals surface area contributed by atoms with Gasteiger partial charge >= 0.3 is 0 Å². The second kappa shape index (κ2) is 4.92. The summed E-state index contributed by atoms with van der Waals surface area (Å²) in [7, 11) is 0. The molecule has 0 bridgehead atoms. The zero-order valence-corrected chi connectivity index (χ0v) is 10.6. The van der Waals surface area contributed by atoms with Crippen LogP contribution in [-0.2, 0) is 0 Å². The Morgan fingerprint density at radius 1 is 1.44 bits per heavy atom. The average Bonchev–Trinajstić information content (AvgIpc) is 2.32. The molecule has 1 aromatic carbocycles. The van der Waals surface area contributed by atoms with Gasteiger partial charge in [0, 0.05) is 18.2 Å². The summed E-state index contributed by atoms with van der Waals surface area (Å²) >= 11 is 0. The predicted octanol–water partition coefficient (Wildman–Crippen LogP) is 3.42. The lowest BCUT2D eigenvalue weighted by Gasteiger charge is -2.35. The van der Waals surface area contributed by atoms with Gasteiger partial charge in [-0.1, -0.05) is 0 Å². The van der Waals surface area contributed by atoms with Crippen molar-refractivity contribution >= 4 is 11.4 Å². The molecule has 1 unspecified atom stereocenters. The van der Waals surface area contributed by atoms with Crippen LogP contribution in [0.15, 0.2) is 12.1 Å². The number of piperidine rings is 1. The molecule has 2 rings (SSSR count). The van der Waals surface area contributed by atoms with Crippen LogP contribution in [0.2, 0.25) is 0 Å². The van der Waals surface area contributed by atoms with Gasteiger partial charge in [0.25, 0.3) is 5.69 Å². The molecule has 1 saturated heterocycles. The van der Waals surface area contributed by atoms with Crippen molar-refractivity contribution in [2.45, 2.75) is 39.2 Å². The first-order valence-corrected chi connectivity index (χ1v) is 6.22. The van der Waals surface area contributed by atoms with E-state index in [4.69, 9.17) is 0 Å². The third-order valence-corrected chi connectivity index (χ3v) is 3.57. The standard InChI is InChI=1S/C13H17FN2O2/c1-9-7-13(11(14)8-12(9)16(17)18)15-6-4-3-5-10(15)2/h7-8,10H,3-6H2,1-2H3. The van der Waals surface area contributed by atoms with Gasteiger partial charge in [-0.15, -0.1) is 0 Å². The number of nitro benzene ring substituents is 1. The number of hydrogen-bond acceptors (Lipinski definition) is 3. The van der Waals surface area contributed by atoms with Gasteiger partial charge in [-0.3, -0.25) is 10.1 Å². The number of nitrogens with zero attached hydrogens (tertiary/aromatic N) is 2. The highest BCUT2D eigenvalue weighted by Gasteiger charge is 2.24. The predicted molar refractivity (Wildman–Crippen MR) is 68.5 cm³/mol. The Balaban J connectivity index is 2.39. The smallest absolute Gasteiger partial charge is 0.275 e. The van der Waals surface area contributed by atoms with Crippen LogP contribution in [0.3, 0.4) is 0 Å². The molecule has 98 valence electrons. The summed E-state index contributed by atoms with van der Waals surface area (Å²) in [6.45, 7) is 4.53. The summed E-state index contributed by atoms with van der Waals surface area (Å²) in [6.07, 6.45) is 3.24. The van der Waals surface area contributed by atoms with Crippen molar-refractivity contribution in [2.75, 3.05) is 11.4 Å². The van der Waals surface area contributed by atoms with E-state index in [2.05, 4.69) is 6.92 Å². The first-order valence-electron chi connectivity index (χ1n) is 6.22. The molecule has 0 aliphatic carbocycles. The maximum Gasteiger partial charge on any atom is 0.275 e. The molecule has 18 heavy (non-hydrogen) atoms. The van der Waals surface area contributed by atoms with Gasteiger partial charge in [-0.25, -0.2) is 4.39 Å². The van der Waals surface area contributed by atoms with E-state index in [1.54, 1.807) is 13.0 Å². The molecule has 1 aromatic rings. The maximum atomic E-state index is 14.0. The Bertz CT molecular complexity index is 476. The highest BCUT2D eigenvalue weighted by molar-refractivity contribution is 5.57. The molecule has 5 heteroatoms. The number of halogens is 1. The van der Waals surface area contributed by atoms with E-state index in [-0.39, 0.29) is 11.7 Å². The van der Waals surface area contributed by atoms with Crippen LogP contribution in [-0.4, -0.2) is 17.5 Å². The van der Waals surface area contributed by atoms with Gasteiger partial charge in [0.15, 0.2) is 5.82 Å². The summed E-state index contributed by atoms with van der Waals surface area (Å²) < 4.78 is 14.0. The molecule has 0 spiro atoms. The monoisotopic (exact) mass is 252 g/mol. The average molecular weight is 252 g/mol. The molecular formula is C13H17FN2O2. The Labute approximate surface area is 106 Å². The third kappa shape index (κ3) is 2.30. The molecule has 0 aromatic heterocycles. The maximum absolute atomic E-state index is 14.0. The normalized spacial score (nSPS) is 19.9. The first kappa shape index (κ1) is 12.8. The van der Waals surface area contributed by atoms with E-state index < -0.39 is 10.7 Å². The lowest BCUT2D eigenvalue weighted by atomic mass is 10.0. The van der Waals surface area contributed by atoms with Crippen LogP contribution in [0.25, 0.3) is 0 Å². The highest BCUT2D eigenvalue weighted by Crippen LogP contribution is 2.31. The fraction of sp³-hybridized carbons (Fsp3) is 0.538. The van der Waals surface area contributed by atoms with Crippen LogP contribution in [0.1, 0.15) is 31.7 Å². The van der Waals surface area contributed by atoms with Gasteiger partial charge in [0.05, 0.1) is 16.7 Å². The summed E-state index contributed by atoms with van der Waals surface area (Å²) in [6, 6.07) is 2.91. The van der Waals surface area contributed by atoms with E-state index in [0.717, 1.165) is 31.9 Å². The Hall–Kier alpha value is -1.65. The van der Waals surface area contributed by atoms with E-state index in [1.807, 2.05) is 4.90 Å². The van der Waals surface area contributed by atoms with Crippen molar-refractivity contribution in [3.05, 3.63) is 33.6 Å². The van der Waals surface area contributed by atoms with Crippen LogP contribution in [0.4, 0.5) is 15.8 Å². The zero-order valence-electron chi connectivity index (χ0n) is 10.6. The second-order valence-electron chi connectivity index (χ2n) is 4.89. The molecular weight excluding hydrogens is 235 g/mol. The lowest BCUT2D eigenvalue weighted by molar-refractivity contribution is -0.385. The molecule has 0 saturated carbocycles. The Morgan fingerprint density at radius 2 is 2.17 bits per heavy atom. The fourth-order valence-corrected chi connectivity index (χ4v) is 2.53. The van der Waals surface area contributed by atoms with Crippen LogP contribution in [0.5, 0.6) is 0 Å². The van der Waals surface area contributed by atoms with Crippen molar-refractivity contribution in [2.24, 2.45) is 0 Å². The topological polar surface area (TPSA) is 46.4 Å². The first-order chi connectivity index (χ1) is 8.50. The summed E-state index contributed by atoms with van der Waals surface area (Å²) in [5.41, 5.74) is 0.848. The quantitative estimate of drug-likeness (QED) is 0.598. The molecule has 0 amide bonds. The Kier molecular flexibility index (Phi) is 3.50. The number of rotatable bonds is 2. The SMILES string of the molecule is Cc1cc(N2CCCCC2C)c(F)cc1[N+](=O)[O-]. The second-order valence-corrected chi connectivity index (χ2v) is 4.89. The number of hydrogen-bond donors (Lipinski definition) is 0. The largest absolute Gasteiger partial charge is 0.366 e. The van der Waals surface area contributed by atoms with Gasteiger partial charge in [-0.2, -0.15) is 0 Å². The van der Waals surface area contributed by atoms with Crippen LogP contribution in [0, 0.1) is 22.9 Å². The molecule has 1 fully saturated rings. The minimum Gasteiger partial charge on any atom is -0.366 e. The summed E-state index contributed by atoms with van der Waals surface area (Å²) in [5.74, 6) is -0.499. The van der Waals surface area contributed by atoms with Crippen LogP contribution < -0.4 is 4.90 Å². The molecule has 0 radical (unpaired) electrons. The molecule has 1 atom stereocenters. The highest BCUT2D eigenvalue weighted by atomic mass is 19.1. The Morgan fingerprint density at radius 3 is 2.78 bits per heavy atom. The van der Waals surface area contributed by atoms with Gasteiger partial charge in [0.1, 0.15) is 0 Å². The van der Waals surface area contributed by atoms with Crippen molar-refractivity contribution in [1.29, 1.82) is 0 Å². The summed E-state index contributed by atoms with van der Waals surface area (Å²) in [5, 5.41) is 10.8. The third-order valence-electron chi connectivity index (χ3n) is 3.57. The fourth-order valence-electron chi connectivity index (χ4n) is 2.53. The van der Waals surface area contributed by atoms with Gasteiger partial charge in [0.2, 0.25) is 0 Å². The van der Waals surface area contributed by atoms with Crippen molar-refractivity contribution < 1.29 is 9.31 Å². The number of nitro groups is 1. The molecule has 1 heterocycles. The van der Waals surface area contributed by atoms with Gasteiger partial charge in [-0.05, 0) is 39.2 Å². The van der Waals surface area contributed by atoms with Crippen LogP contribution >= 0.6 is 0 Å². The van der Waals surface area contributed by atoms with Crippen molar-refractivity contribution in [3.63, 3.8) is 0 Å². The minimum atomic E-state index is -0.540. The van der Waals surface area contributed by atoms with Crippen molar-refractivity contribution in [1.82, 2.24) is 0 Å². The minimum absolute atomic E-state index is 0.152. The number of benzene rings is 1. The van der Waals surface area contributed by atoms with Crippen molar-refractivity contribution in [3.8, 4) is 0 Å². The lowest BCUT2D eigenvalue weighted by Crippen LogP contribution is -2.38. The van der Waals surface area contributed by atoms with E-state index in [0.29, 0.717) is 11.3 Å². The number of aryl methyl sites for hydroxylation is 1. The molecule has 0 N–H and O–H groups in total. The van der Waals surface area contributed by atoms with E-state index in [9.17, 15) is 14.5 Å². The van der Waals surface area contributed by atoms with E-state index >= 15 is 0 Å². The number of anilines is 1. The van der Waals surface area contributed by atoms with Gasteiger partial charge < -0.3 is 4.90 Å². The summed E-state index contributed by atoms with van der Waals surface area (Å²) in [4.78, 5) is 12.2.